The second-order valence-corrected chi connectivity index (χ2v) is 13.2. The third-order valence-corrected chi connectivity index (χ3v) is 11.0. The molecule has 2 heteroatoms. The van der Waals surface area contributed by atoms with Crippen LogP contribution < -0.4 is 4.90 Å². The first-order valence-electron chi connectivity index (χ1n) is 15.5. The van der Waals surface area contributed by atoms with Gasteiger partial charge in [-0.05, 0) is 98.1 Å². The predicted octanol–water partition coefficient (Wildman–Crippen LogP) is 11.6. The van der Waals surface area contributed by atoms with Crippen molar-refractivity contribution in [3.05, 3.63) is 186 Å². The van der Waals surface area contributed by atoms with Crippen molar-refractivity contribution in [1.29, 1.82) is 0 Å². The SMILES string of the molecule is c1ccc(-c2ccc3c(c2)C2(c4ccccc4-c4ccccc42)c2cc(N4c5ccccc5Sc5ccccc54)ccc2-3)cc1. The first-order chi connectivity index (χ1) is 22.3. The zero-order valence-electron chi connectivity index (χ0n) is 24.4. The van der Waals surface area contributed by atoms with E-state index in [0.717, 1.165) is 0 Å². The molecule has 0 radical (unpaired) electrons. The number of rotatable bonds is 2. The van der Waals surface area contributed by atoms with Gasteiger partial charge in [-0.15, -0.1) is 0 Å². The summed E-state index contributed by atoms with van der Waals surface area (Å²) in [5, 5.41) is 0. The van der Waals surface area contributed by atoms with Crippen LogP contribution in [-0.2, 0) is 5.41 Å². The summed E-state index contributed by atoms with van der Waals surface area (Å²) < 4.78 is 0. The van der Waals surface area contributed by atoms with E-state index in [1.807, 2.05) is 11.8 Å². The number of hydrogen-bond acceptors (Lipinski definition) is 2. The molecule has 0 atom stereocenters. The zero-order valence-corrected chi connectivity index (χ0v) is 25.3. The Morgan fingerprint density at radius 3 is 1.56 bits per heavy atom. The van der Waals surface area contributed by atoms with E-state index in [2.05, 4.69) is 169 Å². The summed E-state index contributed by atoms with van der Waals surface area (Å²) >= 11 is 1.85. The van der Waals surface area contributed by atoms with Gasteiger partial charge >= 0.3 is 0 Å². The van der Waals surface area contributed by atoms with Gasteiger partial charge in [-0.3, -0.25) is 0 Å². The zero-order chi connectivity index (χ0) is 29.5. The van der Waals surface area contributed by atoms with Gasteiger partial charge in [-0.25, -0.2) is 0 Å². The van der Waals surface area contributed by atoms with Gasteiger partial charge < -0.3 is 4.90 Å². The summed E-state index contributed by atoms with van der Waals surface area (Å²) in [6.45, 7) is 0. The van der Waals surface area contributed by atoms with Crippen LogP contribution in [0.15, 0.2) is 174 Å². The molecule has 1 spiro atoms. The molecule has 0 N–H and O–H groups in total. The molecular weight excluding hydrogens is 563 g/mol. The van der Waals surface area contributed by atoms with Gasteiger partial charge in [0.1, 0.15) is 0 Å². The second-order valence-electron chi connectivity index (χ2n) is 12.1. The minimum atomic E-state index is -0.414. The molecule has 1 nitrogen and oxygen atoms in total. The van der Waals surface area contributed by atoms with Gasteiger partial charge in [0.15, 0.2) is 0 Å². The van der Waals surface area contributed by atoms with E-state index >= 15 is 0 Å². The van der Waals surface area contributed by atoms with Crippen molar-refractivity contribution in [2.24, 2.45) is 0 Å². The van der Waals surface area contributed by atoms with E-state index in [0.29, 0.717) is 0 Å². The molecule has 0 unspecified atom stereocenters. The fraction of sp³-hybridized carbons (Fsp3) is 0.0233. The van der Waals surface area contributed by atoms with Crippen molar-refractivity contribution in [3.63, 3.8) is 0 Å². The van der Waals surface area contributed by atoms with Crippen LogP contribution in [0, 0.1) is 0 Å². The molecule has 7 aromatic carbocycles. The average Bonchev–Trinajstić information content (AvgIpc) is 3.57. The monoisotopic (exact) mass is 589 g/mol. The maximum Gasteiger partial charge on any atom is 0.0726 e. The van der Waals surface area contributed by atoms with E-state index in [4.69, 9.17) is 0 Å². The number of fused-ring (bicyclic) bond motifs is 12. The number of benzene rings is 7. The Morgan fingerprint density at radius 1 is 0.378 bits per heavy atom. The Bertz CT molecular complexity index is 2230. The van der Waals surface area contributed by atoms with Crippen LogP contribution in [0.3, 0.4) is 0 Å². The molecule has 0 saturated heterocycles. The highest BCUT2D eigenvalue weighted by atomic mass is 32.2. The lowest BCUT2D eigenvalue weighted by atomic mass is 9.70. The molecule has 0 amide bonds. The van der Waals surface area contributed by atoms with Crippen LogP contribution in [0.1, 0.15) is 22.3 Å². The lowest BCUT2D eigenvalue weighted by Crippen LogP contribution is -2.26. The Morgan fingerprint density at radius 2 is 0.889 bits per heavy atom. The van der Waals surface area contributed by atoms with E-state index in [9.17, 15) is 0 Å². The summed E-state index contributed by atoms with van der Waals surface area (Å²) in [6.07, 6.45) is 0. The lowest BCUT2D eigenvalue weighted by Gasteiger charge is -2.35. The summed E-state index contributed by atoms with van der Waals surface area (Å²) in [5.41, 5.74) is 16.4. The molecule has 0 bridgehead atoms. The summed E-state index contributed by atoms with van der Waals surface area (Å²) in [7, 11) is 0. The Kier molecular flexibility index (Phi) is 5.20. The molecule has 2 aliphatic carbocycles. The summed E-state index contributed by atoms with van der Waals surface area (Å²) in [5.74, 6) is 0. The Hall–Kier alpha value is -5.31. The molecule has 3 aliphatic rings. The molecule has 0 fully saturated rings. The van der Waals surface area contributed by atoms with E-state index in [-0.39, 0.29) is 0 Å². The summed E-state index contributed by atoms with van der Waals surface area (Å²) in [6, 6.07) is 60.8. The Labute approximate surface area is 267 Å². The molecule has 1 aliphatic heterocycles. The topological polar surface area (TPSA) is 3.24 Å². The quantitative estimate of drug-likeness (QED) is 0.197. The third-order valence-electron chi connectivity index (χ3n) is 9.87. The number of hydrogen-bond donors (Lipinski definition) is 0. The van der Waals surface area contributed by atoms with Crippen molar-refractivity contribution in [3.8, 4) is 33.4 Å². The fourth-order valence-electron chi connectivity index (χ4n) is 8.06. The lowest BCUT2D eigenvalue weighted by molar-refractivity contribution is 0.794. The van der Waals surface area contributed by atoms with Gasteiger partial charge in [-0.2, -0.15) is 0 Å². The predicted molar refractivity (Wildman–Crippen MR) is 187 cm³/mol. The van der Waals surface area contributed by atoms with Gasteiger partial charge in [0.25, 0.3) is 0 Å². The van der Waals surface area contributed by atoms with Crippen LogP contribution in [-0.4, -0.2) is 0 Å². The smallest absolute Gasteiger partial charge is 0.0726 e. The molecule has 45 heavy (non-hydrogen) atoms. The van der Waals surface area contributed by atoms with Gasteiger partial charge in [0.05, 0.1) is 16.8 Å². The fourth-order valence-corrected chi connectivity index (χ4v) is 9.12. The third kappa shape index (κ3) is 3.35. The van der Waals surface area contributed by atoms with E-state index < -0.39 is 5.41 Å². The highest BCUT2D eigenvalue weighted by Gasteiger charge is 2.52. The van der Waals surface area contributed by atoms with Crippen LogP contribution >= 0.6 is 11.8 Å². The molecule has 0 aromatic heterocycles. The second kappa shape index (κ2) is 9.34. The number of para-hydroxylation sites is 2. The van der Waals surface area contributed by atoms with Gasteiger partial charge in [0, 0.05) is 15.5 Å². The van der Waals surface area contributed by atoms with Gasteiger partial charge in [-0.1, -0.05) is 133 Å². The molecule has 210 valence electrons. The van der Waals surface area contributed by atoms with Crippen molar-refractivity contribution in [1.82, 2.24) is 0 Å². The number of anilines is 3. The molecule has 1 heterocycles. The van der Waals surface area contributed by atoms with Crippen molar-refractivity contribution in [2.45, 2.75) is 15.2 Å². The highest BCUT2D eigenvalue weighted by Crippen LogP contribution is 2.64. The van der Waals surface area contributed by atoms with E-state index in [1.54, 1.807) is 0 Å². The maximum atomic E-state index is 2.49. The molecule has 7 aromatic rings. The Balaban J connectivity index is 1.29. The van der Waals surface area contributed by atoms with Crippen LogP contribution in [0.4, 0.5) is 17.1 Å². The summed E-state index contributed by atoms with van der Waals surface area (Å²) in [4.78, 5) is 5.01. The first-order valence-corrected chi connectivity index (χ1v) is 16.3. The van der Waals surface area contributed by atoms with Crippen LogP contribution in [0.25, 0.3) is 33.4 Å². The van der Waals surface area contributed by atoms with Crippen LogP contribution in [0.2, 0.25) is 0 Å². The number of nitrogens with zero attached hydrogens (tertiary/aromatic N) is 1. The minimum Gasteiger partial charge on any atom is -0.308 e. The van der Waals surface area contributed by atoms with Crippen LogP contribution in [0.5, 0.6) is 0 Å². The maximum absolute atomic E-state index is 2.49. The normalized spacial score (nSPS) is 14.3. The molecule has 10 rings (SSSR count). The largest absolute Gasteiger partial charge is 0.308 e. The molecule has 0 saturated carbocycles. The average molecular weight is 590 g/mol. The standard InChI is InChI=1S/C43H27NS/c1-2-12-28(13-3-1)29-22-24-33-34-25-23-30(44-39-18-8-10-20-41(39)45-42-21-11-9-19-40(42)44)27-38(34)43(37(33)26-29)35-16-6-4-14-31(35)32-15-5-7-17-36(32)43/h1-27H. The molecular formula is C43H27NS. The minimum absolute atomic E-state index is 0.414. The first kappa shape index (κ1) is 25.1. The van der Waals surface area contributed by atoms with Crippen molar-refractivity contribution >= 4 is 28.8 Å². The van der Waals surface area contributed by atoms with E-state index in [1.165, 1.54) is 82.5 Å². The highest BCUT2D eigenvalue weighted by molar-refractivity contribution is 7.99. The van der Waals surface area contributed by atoms with Gasteiger partial charge in [0.2, 0.25) is 0 Å². The van der Waals surface area contributed by atoms with Crippen molar-refractivity contribution in [2.75, 3.05) is 4.90 Å². The van der Waals surface area contributed by atoms with Crippen molar-refractivity contribution < 1.29 is 0 Å².